The summed E-state index contributed by atoms with van der Waals surface area (Å²) in [5, 5.41) is 3.12. The quantitative estimate of drug-likeness (QED) is 0.846. The molecule has 0 saturated carbocycles. The van der Waals surface area contributed by atoms with Crippen molar-refractivity contribution >= 4 is 24.0 Å². The number of rotatable bonds is 5. The van der Waals surface area contributed by atoms with Crippen molar-refractivity contribution in [3.63, 3.8) is 0 Å². The molecule has 20 heavy (non-hydrogen) atoms. The molecule has 0 radical (unpaired) electrons. The number of ether oxygens (including phenoxy) is 1. The molecule has 0 saturated heterocycles. The largest absolute Gasteiger partial charge is 0.383 e. The number of halogens is 1. The minimum atomic E-state index is 0. The number of carbonyl (C=O) groups is 1. The lowest BCUT2D eigenvalue weighted by atomic mass is 10.1. The van der Waals surface area contributed by atoms with E-state index in [1.165, 1.54) is 5.56 Å². The van der Waals surface area contributed by atoms with Gasteiger partial charge < -0.3 is 15.0 Å². The highest BCUT2D eigenvalue weighted by atomic mass is 35.5. The lowest BCUT2D eigenvalue weighted by Crippen LogP contribution is -2.39. The molecule has 0 spiro atoms. The standard InChI is InChI=1S/C15H22N2O2.ClH/c1-19-11-9-16-12-15(18)17-10-5-4-7-13-6-2-3-8-14(13)17;/h2-3,6,8,16H,4-5,7,9-12H2,1H3;1H. The molecule has 0 atom stereocenters. The Morgan fingerprint density at radius 3 is 2.95 bits per heavy atom. The monoisotopic (exact) mass is 298 g/mol. The van der Waals surface area contributed by atoms with E-state index in [1.54, 1.807) is 7.11 Å². The summed E-state index contributed by atoms with van der Waals surface area (Å²) in [4.78, 5) is 14.2. The molecule has 5 heteroatoms. The molecule has 112 valence electrons. The fourth-order valence-electron chi connectivity index (χ4n) is 2.42. The zero-order chi connectivity index (χ0) is 13.5. The van der Waals surface area contributed by atoms with Crippen LogP contribution in [0.25, 0.3) is 0 Å². The van der Waals surface area contributed by atoms with Crippen LogP contribution in [-0.2, 0) is 16.0 Å². The van der Waals surface area contributed by atoms with Gasteiger partial charge in [0.2, 0.25) is 5.91 Å². The van der Waals surface area contributed by atoms with Crippen molar-refractivity contribution in [2.75, 3.05) is 38.3 Å². The van der Waals surface area contributed by atoms with Gasteiger partial charge in [-0.05, 0) is 30.9 Å². The molecule has 2 rings (SSSR count). The van der Waals surface area contributed by atoms with Crippen molar-refractivity contribution in [2.24, 2.45) is 0 Å². The van der Waals surface area contributed by atoms with Gasteiger partial charge in [-0.1, -0.05) is 18.2 Å². The Balaban J connectivity index is 0.00000200. The fraction of sp³-hybridized carbons (Fsp3) is 0.533. The van der Waals surface area contributed by atoms with E-state index >= 15 is 0 Å². The van der Waals surface area contributed by atoms with Gasteiger partial charge in [-0.2, -0.15) is 0 Å². The highest BCUT2D eigenvalue weighted by molar-refractivity contribution is 5.95. The first kappa shape index (κ1) is 17.0. The average molecular weight is 299 g/mol. The van der Waals surface area contributed by atoms with Gasteiger partial charge >= 0.3 is 0 Å². The Morgan fingerprint density at radius 2 is 2.15 bits per heavy atom. The summed E-state index contributed by atoms with van der Waals surface area (Å²) in [7, 11) is 1.66. The first-order valence-corrected chi connectivity index (χ1v) is 6.91. The molecule has 1 N–H and O–H groups in total. The van der Waals surface area contributed by atoms with Crippen LogP contribution in [0.3, 0.4) is 0 Å². The first-order chi connectivity index (χ1) is 9.33. The van der Waals surface area contributed by atoms with Gasteiger partial charge in [0.25, 0.3) is 0 Å². The molecule has 1 amide bonds. The third-order valence-electron chi connectivity index (χ3n) is 3.42. The van der Waals surface area contributed by atoms with Crippen molar-refractivity contribution in [1.29, 1.82) is 0 Å². The molecule has 0 aliphatic carbocycles. The number of fused-ring (bicyclic) bond motifs is 1. The lowest BCUT2D eigenvalue weighted by Gasteiger charge is -2.23. The second kappa shape index (κ2) is 8.95. The topological polar surface area (TPSA) is 41.6 Å². The third kappa shape index (κ3) is 4.47. The van der Waals surface area contributed by atoms with Gasteiger partial charge in [-0.25, -0.2) is 0 Å². The van der Waals surface area contributed by atoms with E-state index < -0.39 is 0 Å². The highest BCUT2D eigenvalue weighted by Crippen LogP contribution is 2.25. The smallest absolute Gasteiger partial charge is 0.240 e. The van der Waals surface area contributed by atoms with E-state index in [4.69, 9.17) is 4.74 Å². The molecule has 1 aliphatic heterocycles. The maximum atomic E-state index is 12.3. The fourth-order valence-corrected chi connectivity index (χ4v) is 2.42. The van der Waals surface area contributed by atoms with Crippen LogP contribution in [-0.4, -0.2) is 39.3 Å². The molecular formula is C15H23ClN2O2. The Hall–Kier alpha value is -1.10. The van der Waals surface area contributed by atoms with Crippen LogP contribution in [0, 0.1) is 0 Å². The summed E-state index contributed by atoms with van der Waals surface area (Å²) >= 11 is 0. The highest BCUT2D eigenvalue weighted by Gasteiger charge is 2.20. The van der Waals surface area contributed by atoms with E-state index in [2.05, 4.69) is 11.4 Å². The number of nitrogens with one attached hydrogen (secondary N) is 1. The molecule has 0 bridgehead atoms. The zero-order valence-corrected chi connectivity index (χ0v) is 12.7. The summed E-state index contributed by atoms with van der Waals surface area (Å²) in [5.41, 5.74) is 2.36. The van der Waals surface area contributed by atoms with E-state index in [1.807, 2.05) is 23.1 Å². The Bertz CT molecular complexity index is 426. The predicted octanol–water partition coefficient (Wildman–Crippen LogP) is 2.01. The normalized spacial score (nSPS) is 14.2. The van der Waals surface area contributed by atoms with E-state index in [9.17, 15) is 4.79 Å². The summed E-state index contributed by atoms with van der Waals surface area (Å²) < 4.78 is 4.96. The number of benzene rings is 1. The maximum Gasteiger partial charge on any atom is 0.240 e. The van der Waals surface area contributed by atoms with Gasteiger partial charge in [-0.15, -0.1) is 12.4 Å². The number of aryl methyl sites for hydroxylation is 1. The number of amides is 1. The van der Waals surface area contributed by atoms with Gasteiger partial charge in [0.05, 0.1) is 13.2 Å². The molecule has 1 heterocycles. The number of nitrogens with zero attached hydrogens (tertiary/aromatic N) is 1. The summed E-state index contributed by atoms with van der Waals surface area (Å²) in [6, 6.07) is 8.22. The number of hydrogen-bond donors (Lipinski definition) is 1. The Morgan fingerprint density at radius 1 is 1.35 bits per heavy atom. The second-order valence-electron chi connectivity index (χ2n) is 4.80. The number of hydrogen-bond acceptors (Lipinski definition) is 3. The van der Waals surface area contributed by atoms with E-state index in [0.29, 0.717) is 19.7 Å². The molecule has 4 nitrogen and oxygen atoms in total. The van der Waals surface area contributed by atoms with Crippen molar-refractivity contribution in [3.8, 4) is 0 Å². The zero-order valence-electron chi connectivity index (χ0n) is 11.9. The van der Waals surface area contributed by atoms with Gasteiger partial charge in [-0.3, -0.25) is 4.79 Å². The lowest BCUT2D eigenvalue weighted by molar-refractivity contribution is -0.117. The minimum absolute atomic E-state index is 0. The number of methoxy groups -OCH3 is 1. The van der Waals surface area contributed by atoms with Crippen LogP contribution in [0.2, 0.25) is 0 Å². The molecule has 0 fully saturated rings. The maximum absolute atomic E-state index is 12.3. The SMILES string of the molecule is COCCNCC(=O)N1CCCCc2ccccc21.Cl. The van der Waals surface area contributed by atoms with Gasteiger partial charge in [0.1, 0.15) is 0 Å². The van der Waals surface area contributed by atoms with Crippen molar-refractivity contribution in [2.45, 2.75) is 19.3 Å². The third-order valence-corrected chi connectivity index (χ3v) is 3.42. The van der Waals surface area contributed by atoms with E-state index in [0.717, 1.165) is 31.5 Å². The van der Waals surface area contributed by atoms with Crippen LogP contribution in [0.4, 0.5) is 5.69 Å². The van der Waals surface area contributed by atoms with E-state index in [-0.39, 0.29) is 18.3 Å². The first-order valence-electron chi connectivity index (χ1n) is 6.91. The number of carbonyl (C=O) groups excluding carboxylic acids is 1. The Kier molecular flexibility index (Phi) is 7.59. The molecule has 1 aromatic carbocycles. The minimum Gasteiger partial charge on any atom is -0.383 e. The molecule has 1 aliphatic rings. The van der Waals surface area contributed by atoms with Crippen molar-refractivity contribution in [1.82, 2.24) is 5.32 Å². The average Bonchev–Trinajstić information content (AvgIpc) is 2.66. The van der Waals surface area contributed by atoms with Gasteiger partial charge in [0.15, 0.2) is 0 Å². The summed E-state index contributed by atoms with van der Waals surface area (Å²) in [6.07, 6.45) is 3.29. The second-order valence-corrected chi connectivity index (χ2v) is 4.80. The van der Waals surface area contributed by atoms with Gasteiger partial charge in [0, 0.05) is 25.9 Å². The van der Waals surface area contributed by atoms with Crippen molar-refractivity contribution < 1.29 is 9.53 Å². The molecule has 0 unspecified atom stereocenters. The summed E-state index contributed by atoms with van der Waals surface area (Å²) in [5.74, 6) is 0.144. The Labute approximate surface area is 126 Å². The number of anilines is 1. The van der Waals surface area contributed by atoms with Crippen LogP contribution in [0.1, 0.15) is 18.4 Å². The van der Waals surface area contributed by atoms with Crippen LogP contribution in [0.15, 0.2) is 24.3 Å². The number of para-hydroxylation sites is 1. The summed E-state index contributed by atoms with van der Waals surface area (Å²) in [6.45, 7) is 2.53. The predicted molar refractivity (Wildman–Crippen MR) is 83.7 cm³/mol. The van der Waals surface area contributed by atoms with Crippen molar-refractivity contribution in [3.05, 3.63) is 29.8 Å². The molecular weight excluding hydrogens is 276 g/mol. The molecule has 1 aromatic rings. The van der Waals surface area contributed by atoms with Crippen LogP contribution in [0.5, 0.6) is 0 Å². The molecule has 0 aromatic heterocycles. The van der Waals surface area contributed by atoms with Crippen LogP contribution >= 0.6 is 12.4 Å². The van der Waals surface area contributed by atoms with Crippen LogP contribution < -0.4 is 10.2 Å².